The number of aromatic nitrogens is 2. The number of fused-ring (bicyclic) bond motifs is 1. The SMILES string of the molecule is c1ccc([C@@H]2C[C@H](c3noc(CCCN4CCCC4)n3)[C@H]3CCCN32)cc1. The minimum absolute atomic E-state index is 0.411. The maximum absolute atomic E-state index is 5.63. The molecule has 0 amide bonds. The Balaban J connectivity index is 1.25. The van der Waals surface area contributed by atoms with Crippen molar-refractivity contribution < 1.29 is 4.52 Å². The van der Waals surface area contributed by atoms with E-state index in [-0.39, 0.29) is 0 Å². The molecule has 0 aliphatic carbocycles. The maximum Gasteiger partial charge on any atom is 0.226 e. The van der Waals surface area contributed by atoms with Gasteiger partial charge in [0.2, 0.25) is 5.89 Å². The fraction of sp³-hybridized carbons (Fsp3) is 0.636. The van der Waals surface area contributed by atoms with E-state index < -0.39 is 0 Å². The van der Waals surface area contributed by atoms with Crippen molar-refractivity contribution in [3.8, 4) is 0 Å². The van der Waals surface area contributed by atoms with Gasteiger partial charge in [0.15, 0.2) is 5.82 Å². The molecule has 0 N–H and O–H groups in total. The van der Waals surface area contributed by atoms with Crippen molar-refractivity contribution >= 4 is 0 Å². The van der Waals surface area contributed by atoms with E-state index in [1.165, 1.54) is 50.9 Å². The summed E-state index contributed by atoms with van der Waals surface area (Å²) in [6.45, 7) is 4.87. The molecule has 144 valence electrons. The average Bonchev–Trinajstić information content (AvgIpc) is 3.47. The van der Waals surface area contributed by atoms with E-state index in [1.807, 2.05) is 0 Å². The van der Waals surface area contributed by atoms with Crippen molar-refractivity contribution in [2.24, 2.45) is 0 Å². The molecular weight excluding hydrogens is 336 g/mol. The highest BCUT2D eigenvalue weighted by Crippen LogP contribution is 2.48. The summed E-state index contributed by atoms with van der Waals surface area (Å²) in [6.07, 6.45) is 8.39. The van der Waals surface area contributed by atoms with Crippen LogP contribution in [0.4, 0.5) is 0 Å². The van der Waals surface area contributed by atoms with Crippen LogP contribution in [0.5, 0.6) is 0 Å². The fourth-order valence-corrected chi connectivity index (χ4v) is 5.43. The third-order valence-corrected chi connectivity index (χ3v) is 6.75. The van der Waals surface area contributed by atoms with Gasteiger partial charge in [-0.3, -0.25) is 4.90 Å². The highest BCUT2D eigenvalue weighted by molar-refractivity contribution is 5.24. The van der Waals surface area contributed by atoms with Crippen molar-refractivity contribution in [2.75, 3.05) is 26.2 Å². The summed E-state index contributed by atoms with van der Waals surface area (Å²) in [5.74, 6) is 2.19. The Bertz CT molecular complexity index is 740. The molecule has 3 fully saturated rings. The van der Waals surface area contributed by atoms with Gasteiger partial charge in [0.25, 0.3) is 0 Å². The van der Waals surface area contributed by atoms with Crippen molar-refractivity contribution in [1.82, 2.24) is 19.9 Å². The van der Waals surface area contributed by atoms with Crippen LogP contribution in [0.15, 0.2) is 34.9 Å². The van der Waals surface area contributed by atoms with Crippen LogP contribution in [-0.2, 0) is 6.42 Å². The van der Waals surface area contributed by atoms with E-state index in [9.17, 15) is 0 Å². The first-order valence-corrected chi connectivity index (χ1v) is 10.7. The first-order valence-electron chi connectivity index (χ1n) is 10.7. The minimum Gasteiger partial charge on any atom is -0.339 e. The van der Waals surface area contributed by atoms with Gasteiger partial charge in [-0.2, -0.15) is 4.98 Å². The smallest absolute Gasteiger partial charge is 0.226 e. The lowest BCUT2D eigenvalue weighted by Gasteiger charge is -2.24. The predicted octanol–water partition coefficient (Wildman–Crippen LogP) is 3.79. The molecule has 0 unspecified atom stereocenters. The van der Waals surface area contributed by atoms with E-state index in [0.717, 1.165) is 37.5 Å². The third-order valence-electron chi connectivity index (χ3n) is 6.75. The highest BCUT2D eigenvalue weighted by atomic mass is 16.5. The van der Waals surface area contributed by atoms with E-state index >= 15 is 0 Å². The summed E-state index contributed by atoms with van der Waals surface area (Å²) in [5, 5.41) is 4.41. The Morgan fingerprint density at radius 3 is 2.74 bits per heavy atom. The van der Waals surface area contributed by atoms with Gasteiger partial charge in [-0.1, -0.05) is 35.5 Å². The second-order valence-corrected chi connectivity index (χ2v) is 8.41. The lowest BCUT2D eigenvalue weighted by Crippen LogP contribution is -2.27. The fourth-order valence-electron chi connectivity index (χ4n) is 5.43. The molecule has 5 rings (SSSR count). The number of benzene rings is 1. The summed E-state index contributed by atoms with van der Waals surface area (Å²) in [7, 11) is 0. The van der Waals surface area contributed by atoms with Crippen molar-refractivity contribution in [3.05, 3.63) is 47.6 Å². The first-order chi connectivity index (χ1) is 13.4. The van der Waals surface area contributed by atoms with Crippen molar-refractivity contribution in [2.45, 2.75) is 62.9 Å². The van der Waals surface area contributed by atoms with Gasteiger partial charge >= 0.3 is 0 Å². The van der Waals surface area contributed by atoms with Crippen LogP contribution in [0.3, 0.4) is 0 Å². The molecule has 4 heterocycles. The maximum atomic E-state index is 5.63. The number of likely N-dealkylation sites (tertiary alicyclic amines) is 1. The minimum atomic E-state index is 0.411. The number of nitrogens with zero attached hydrogens (tertiary/aromatic N) is 4. The van der Waals surface area contributed by atoms with Crippen LogP contribution in [0, 0.1) is 0 Å². The number of hydrogen-bond donors (Lipinski definition) is 0. The lowest BCUT2D eigenvalue weighted by atomic mass is 9.94. The molecule has 3 atom stereocenters. The molecule has 0 spiro atoms. The number of aryl methyl sites for hydroxylation is 1. The molecule has 3 saturated heterocycles. The van der Waals surface area contributed by atoms with Crippen LogP contribution >= 0.6 is 0 Å². The first kappa shape index (κ1) is 17.4. The Hall–Kier alpha value is -1.72. The zero-order chi connectivity index (χ0) is 18.1. The van der Waals surface area contributed by atoms with Gasteiger partial charge < -0.3 is 9.42 Å². The topological polar surface area (TPSA) is 45.4 Å². The van der Waals surface area contributed by atoms with E-state index in [0.29, 0.717) is 18.0 Å². The number of hydrogen-bond acceptors (Lipinski definition) is 5. The van der Waals surface area contributed by atoms with Crippen molar-refractivity contribution in [3.63, 3.8) is 0 Å². The van der Waals surface area contributed by atoms with Crippen molar-refractivity contribution in [1.29, 1.82) is 0 Å². The number of rotatable bonds is 6. The lowest BCUT2D eigenvalue weighted by molar-refractivity contribution is 0.243. The predicted molar refractivity (Wildman–Crippen MR) is 105 cm³/mol. The highest BCUT2D eigenvalue weighted by Gasteiger charge is 2.46. The van der Waals surface area contributed by atoms with Gasteiger partial charge in [0.05, 0.1) is 0 Å². The summed E-state index contributed by atoms with van der Waals surface area (Å²) < 4.78 is 5.63. The van der Waals surface area contributed by atoms with Crippen LogP contribution < -0.4 is 0 Å². The van der Waals surface area contributed by atoms with E-state index in [1.54, 1.807) is 0 Å². The summed E-state index contributed by atoms with van der Waals surface area (Å²) in [4.78, 5) is 10.1. The van der Waals surface area contributed by atoms with Gasteiger partial charge in [0, 0.05) is 24.4 Å². The molecule has 5 heteroatoms. The average molecular weight is 367 g/mol. The van der Waals surface area contributed by atoms with Gasteiger partial charge in [-0.25, -0.2) is 0 Å². The molecule has 3 aliphatic heterocycles. The quantitative estimate of drug-likeness (QED) is 0.778. The molecule has 0 saturated carbocycles. The standard InChI is InChI=1S/C22H30N4O/c1-2-8-17(9-3-1)20-16-18(19-10-6-15-26(19)20)22-23-21(27-24-22)11-7-14-25-12-4-5-13-25/h1-3,8-9,18-20H,4-7,10-16H2/t18-,19+,20-/m0/s1. The van der Waals surface area contributed by atoms with E-state index in [4.69, 9.17) is 9.51 Å². The monoisotopic (exact) mass is 366 g/mol. The Morgan fingerprint density at radius 1 is 1.04 bits per heavy atom. The second kappa shape index (κ2) is 7.72. The normalized spacial score (nSPS) is 28.8. The second-order valence-electron chi connectivity index (χ2n) is 8.41. The van der Waals surface area contributed by atoms with Crippen LogP contribution in [0.2, 0.25) is 0 Å². The van der Waals surface area contributed by atoms with Crippen LogP contribution in [-0.4, -0.2) is 52.2 Å². The Kier molecular flexibility index (Phi) is 4.97. The molecule has 3 aliphatic rings. The van der Waals surface area contributed by atoms with Crippen LogP contribution in [0.1, 0.15) is 67.8 Å². The molecule has 0 radical (unpaired) electrons. The molecule has 0 bridgehead atoms. The largest absolute Gasteiger partial charge is 0.339 e. The molecule has 5 nitrogen and oxygen atoms in total. The molecule has 2 aromatic rings. The van der Waals surface area contributed by atoms with E-state index in [2.05, 4.69) is 45.3 Å². The zero-order valence-electron chi connectivity index (χ0n) is 16.1. The summed E-state index contributed by atoms with van der Waals surface area (Å²) >= 11 is 0. The third kappa shape index (κ3) is 3.55. The van der Waals surface area contributed by atoms with Gasteiger partial charge in [-0.05, 0) is 70.3 Å². The molecule has 1 aromatic carbocycles. The summed E-state index contributed by atoms with van der Waals surface area (Å²) in [6, 6.07) is 12.0. The summed E-state index contributed by atoms with van der Waals surface area (Å²) in [5.41, 5.74) is 1.43. The molecule has 27 heavy (non-hydrogen) atoms. The molecule has 1 aromatic heterocycles. The van der Waals surface area contributed by atoms with Crippen LogP contribution in [0.25, 0.3) is 0 Å². The van der Waals surface area contributed by atoms with Gasteiger partial charge in [-0.15, -0.1) is 0 Å². The Labute approximate surface area is 161 Å². The molecular formula is C22H30N4O. The Morgan fingerprint density at radius 2 is 1.89 bits per heavy atom. The van der Waals surface area contributed by atoms with Gasteiger partial charge in [0.1, 0.15) is 0 Å². The zero-order valence-corrected chi connectivity index (χ0v) is 16.1.